The predicted molar refractivity (Wildman–Crippen MR) is 86.2 cm³/mol. The average Bonchev–Trinajstić information content (AvgIpc) is 2.86. The molecule has 0 bridgehead atoms. The van der Waals surface area contributed by atoms with Crippen LogP contribution in [0.25, 0.3) is 0 Å². The number of nitrogens with one attached hydrogen (secondary N) is 2. The molecule has 1 atom stereocenters. The van der Waals surface area contributed by atoms with E-state index in [0.29, 0.717) is 0 Å². The second-order valence-corrected chi connectivity index (χ2v) is 7.52. The summed E-state index contributed by atoms with van der Waals surface area (Å²) in [5, 5.41) is 4.73. The van der Waals surface area contributed by atoms with Crippen LogP contribution in [0, 0.1) is 0 Å². The summed E-state index contributed by atoms with van der Waals surface area (Å²) in [5.74, 6) is -2.72. The summed E-state index contributed by atoms with van der Waals surface area (Å²) in [4.78, 5) is 35.7. The summed E-state index contributed by atoms with van der Waals surface area (Å²) >= 11 is 0. The number of carbonyl (C=O) groups is 3. The fourth-order valence-corrected chi connectivity index (χ4v) is 3.99. The number of rotatable bonds is 4. The fourth-order valence-electron chi connectivity index (χ4n) is 2.32. The summed E-state index contributed by atoms with van der Waals surface area (Å²) in [6.07, 6.45) is 0.279. The van der Waals surface area contributed by atoms with Crippen LogP contribution in [-0.4, -0.2) is 50.4 Å². The Morgan fingerprint density at radius 2 is 1.92 bits per heavy atom. The molecule has 2 amide bonds. The van der Waals surface area contributed by atoms with Crippen LogP contribution in [0.5, 0.6) is 0 Å². The Balaban J connectivity index is 2.02. The highest BCUT2D eigenvalue weighted by molar-refractivity contribution is 7.91. The zero-order chi connectivity index (χ0) is 17.7. The van der Waals surface area contributed by atoms with E-state index in [1.54, 1.807) is 19.1 Å². The fraction of sp³-hybridized carbons (Fsp3) is 0.400. The van der Waals surface area contributed by atoms with Crippen LogP contribution < -0.4 is 10.6 Å². The molecule has 1 saturated heterocycles. The lowest BCUT2D eigenvalue weighted by atomic mass is 10.1. The van der Waals surface area contributed by atoms with Crippen molar-refractivity contribution in [3.05, 3.63) is 29.8 Å². The molecule has 2 N–H and O–H groups in total. The van der Waals surface area contributed by atoms with E-state index in [4.69, 9.17) is 4.74 Å². The van der Waals surface area contributed by atoms with Crippen LogP contribution in [-0.2, 0) is 24.2 Å². The maximum Gasteiger partial charge on any atom is 0.340 e. The van der Waals surface area contributed by atoms with Gasteiger partial charge in [-0.25, -0.2) is 13.2 Å². The van der Waals surface area contributed by atoms with E-state index in [2.05, 4.69) is 10.6 Å². The first kappa shape index (κ1) is 17.9. The molecule has 1 unspecified atom stereocenters. The highest BCUT2D eigenvalue weighted by Gasteiger charge is 2.30. The molecule has 1 heterocycles. The van der Waals surface area contributed by atoms with Crippen LogP contribution in [0.4, 0.5) is 5.69 Å². The van der Waals surface area contributed by atoms with Crippen LogP contribution >= 0.6 is 0 Å². The minimum absolute atomic E-state index is 0.00867. The zero-order valence-corrected chi connectivity index (χ0v) is 13.9. The van der Waals surface area contributed by atoms with Gasteiger partial charge in [0.15, 0.2) is 9.84 Å². The van der Waals surface area contributed by atoms with Gasteiger partial charge in [0.1, 0.15) is 0 Å². The number of sulfone groups is 1. The Labute approximate surface area is 139 Å². The average molecular weight is 354 g/mol. The van der Waals surface area contributed by atoms with Crippen molar-refractivity contribution in [3.8, 4) is 0 Å². The second-order valence-electron chi connectivity index (χ2n) is 5.29. The van der Waals surface area contributed by atoms with Crippen molar-refractivity contribution in [2.75, 3.05) is 23.4 Å². The van der Waals surface area contributed by atoms with Crippen molar-refractivity contribution in [1.29, 1.82) is 0 Å². The Hall–Kier alpha value is -2.42. The Bertz CT molecular complexity index is 759. The Morgan fingerprint density at radius 3 is 2.54 bits per heavy atom. The van der Waals surface area contributed by atoms with Crippen LogP contribution in [0.15, 0.2) is 24.3 Å². The van der Waals surface area contributed by atoms with Gasteiger partial charge in [0.05, 0.1) is 29.4 Å². The standard InChI is InChI=1S/C15H18N2O6S/c1-2-23-15(20)11-5-3-4-6-12(11)17-14(19)13(18)16-10-7-8-24(21,22)9-10/h3-6,10H,2,7-9H2,1H3,(H,16,18)(H,17,19). The van der Waals surface area contributed by atoms with Gasteiger partial charge in [-0.3, -0.25) is 9.59 Å². The topological polar surface area (TPSA) is 119 Å². The minimum Gasteiger partial charge on any atom is -0.462 e. The first-order valence-electron chi connectivity index (χ1n) is 7.41. The number of hydrogen-bond donors (Lipinski definition) is 2. The van der Waals surface area contributed by atoms with E-state index >= 15 is 0 Å². The number of amides is 2. The molecule has 2 rings (SSSR count). The van der Waals surface area contributed by atoms with E-state index in [0.717, 1.165) is 0 Å². The maximum absolute atomic E-state index is 12.0. The molecular weight excluding hydrogens is 336 g/mol. The molecule has 1 fully saturated rings. The highest BCUT2D eigenvalue weighted by Crippen LogP contribution is 2.16. The van der Waals surface area contributed by atoms with E-state index in [1.165, 1.54) is 12.1 Å². The van der Waals surface area contributed by atoms with Gasteiger partial charge in [-0.1, -0.05) is 12.1 Å². The zero-order valence-electron chi connectivity index (χ0n) is 13.1. The first-order chi connectivity index (χ1) is 11.3. The molecule has 130 valence electrons. The molecule has 0 spiro atoms. The number of esters is 1. The normalized spacial score (nSPS) is 18.6. The van der Waals surface area contributed by atoms with Gasteiger partial charge >= 0.3 is 17.8 Å². The molecule has 8 nitrogen and oxygen atoms in total. The SMILES string of the molecule is CCOC(=O)c1ccccc1NC(=O)C(=O)NC1CCS(=O)(=O)C1. The lowest BCUT2D eigenvalue weighted by molar-refractivity contribution is -0.136. The van der Waals surface area contributed by atoms with Gasteiger partial charge in [0, 0.05) is 6.04 Å². The van der Waals surface area contributed by atoms with E-state index in [-0.39, 0.29) is 35.8 Å². The third-order valence-corrected chi connectivity index (χ3v) is 5.21. The molecule has 1 aromatic rings. The minimum atomic E-state index is -3.16. The highest BCUT2D eigenvalue weighted by atomic mass is 32.2. The van der Waals surface area contributed by atoms with Crippen LogP contribution in [0.3, 0.4) is 0 Å². The molecule has 0 saturated carbocycles. The largest absolute Gasteiger partial charge is 0.462 e. The monoisotopic (exact) mass is 354 g/mol. The van der Waals surface area contributed by atoms with Crippen molar-refractivity contribution in [3.63, 3.8) is 0 Å². The third-order valence-electron chi connectivity index (χ3n) is 3.44. The molecule has 1 aromatic carbocycles. The molecule has 9 heteroatoms. The number of benzene rings is 1. The van der Waals surface area contributed by atoms with Gasteiger partial charge in [-0.2, -0.15) is 0 Å². The molecular formula is C15H18N2O6S. The van der Waals surface area contributed by atoms with Crippen molar-refractivity contribution < 1.29 is 27.5 Å². The van der Waals surface area contributed by atoms with Gasteiger partial charge in [-0.05, 0) is 25.5 Å². The first-order valence-corrected chi connectivity index (χ1v) is 9.23. The summed E-state index contributed by atoms with van der Waals surface area (Å²) < 4.78 is 27.6. The number of anilines is 1. The quantitative estimate of drug-likeness (QED) is 0.585. The van der Waals surface area contributed by atoms with Crippen molar-refractivity contribution >= 4 is 33.3 Å². The van der Waals surface area contributed by atoms with Gasteiger partial charge < -0.3 is 15.4 Å². The number of hydrogen-bond acceptors (Lipinski definition) is 6. The van der Waals surface area contributed by atoms with Crippen molar-refractivity contribution in [2.45, 2.75) is 19.4 Å². The lowest BCUT2D eigenvalue weighted by Gasteiger charge is -2.12. The third kappa shape index (κ3) is 4.54. The van der Waals surface area contributed by atoms with E-state index in [9.17, 15) is 22.8 Å². The summed E-state index contributed by atoms with van der Waals surface area (Å²) in [5.41, 5.74) is 0.277. The summed E-state index contributed by atoms with van der Waals surface area (Å²) in [6.45, 7) is 1.83. The van der Waals surface area contributed by atoms with Crippen molar-refractivity contribution in [2.24, 2.45) is 0 Å². The molecule has 0 aliphatic carbocycles. The Morgan fingerprint density at radius 1 is 1.21 bits per heavy atom. The van der Waals surface area contributed by atoms with Crippen molar-refractivity contribution in [1.82, 2.24) is 5.32 Å². The van der Waals surface area contributed by atoms with Gasteiger partial charge in [-0.15, -0.1) is 0 Å². The van der Waals surface area contributed by atoms with Crippen LogP contribution in [0.1, 0.15) is 23.7 Å². The van der Waals surface area contributed by atoms with Gasteiger partial charge in [0.2, 0.25) is 0 Å². The molecule has 1 aliphatic rings. The lowest BCUT2D eigenvalue weighted by Crippen LogP contribution is -2.42. The smallest absolute Gasteiger partial charge is 0.340 e. The summed E-state index contributed by atoms with van der Waals surface area (Å²) in [7, 11) is -3.16. The number of ether oxygens (including phenoxy) is 1. The molecule has 24 heavy (non-hydrogen) atoms. The Kier molecular flexibility index (Phi) is 5.55. The van der Waals surface area contributed by atoms with Crippen LogP contribution in [0.2, 0.25) is 0 Å². The molecule has 0 radical (unpaired) electrons. The number of para-hydroxylation sites is 1. The maximum atomic E-state index is 12.0. The molecule has 0 aromatic heterocycles. The van der Waals surface area contributed by atoms with Gasteiger partial charge in [0.25, 0.3) is 0 Å². The molecule has 1 aliphatic heterocycles. The number of carbonyl (C=O) groups excluding carboxylic acids is 3. The predicted octanol–water partition coefficient (Wildman–Crippen LogP) is 0.105. The van der Waals surface area contributed by atoms with E-state index < -0.39 is 33.7 Å². The second kappa shape index (κ2) is 7.43. The van der Waals surface area contributed by atoms with E-state index in [1.807, 2.05) is 0 Å². The summed E-state index contributed by atoms with van der Waals surface area (Å²) in [6, 6.07) is 5.56.